The number of hydrogen-bond acceptors (Lipinski definition) is 4. The topological polar surface area (TPSA) is 83.8 Å². The summed E-state index contributed by atoms with van der Waals surface area (Å²) in [4.78, 5) is 21.8. The molecule has 0 aromatic heterocycles. The van der Waals surface area contributed by atoms with E-state index in [1.807, 2.05) is 0 Å². The molecule has 0 bridgehead atoms. The van der Waals surface area contributed by atoms with Gasteiger partial charge in [-0.2, -0.15) is 0 Å². The zero-order valence-corrected chi connectivity index (χ0v) is 8.40. The van der Waals surface area contributed by atoms with Gasteiger partial charge in [-0.05, 0) is 19.3 Å². The minimum absolute atomic E-state index is 0.102. The number of aliphatic hydroxyl groups is 1. The molecule has 0 saturated carbocycles. The number of aliphatic carboxylic acids is 1. The second-order valence-corrected chi connectivity index (χ2v) is 3.17. The first-order valence-corrected chi connectivity index (χ1v) is 4.53. The summed E-state index contributed by atoms with van der Waals surface area (Å²) in [5.74, 6) is -3.33. The Hall–Kier alpha value is -1.10. The quantitative estimate of drug-likeness (QED) is 0.479. The molecule has 82 valence electrons. The maximum absolute atomic E-state index is 11.2. The van der Waals surface area contributed by atoms with Gasteiger partial charge in [0.05, 0.1) is 6.61 Å². The number of rotatable bonds is 6. The highest BCUT2D eigenvalue weighted by Gasteiger charge is 2.29. The van der Waals surface area contributed by atoms with Crippen LogP contribution in [0, 0.1) is 11.8 Å². The Bertz CT molecular complexity index is 201. The monoisotopic (exact) mass is 204 g/mol. The minimum Gasteiger partial charge on any atom is -0.481 e. The molecule has 14 heavy (non-hydrogen) atoms. The van der Waals surface area contributed by atoms with Crippen molar-refractivity contribution >= 4 is 11.9 Å². The number of carbonyl (C=O) groups excluding carboxylic acids is 1. The van der Waals surface area contributed by atoms with E-state index in [-0.39, 0.29) is 25.6 Å². The summed E-state index contributed by atoms with van der Waals surface area (Å²) in [5, 5.41) is 17.5. The number of carboxylic acid groups (broad SMARTS) is 1. The Balaban J connectivity index is 4.29. The Labute approximate surface area is 82.7 Å². The van der Waals surface area contributed by atoms with Gasteiger partial charge in [-0.3, -0.25) is 9.59 Å². The van der Waals surface area contributed by atoms with Gasteiger partial charge in [0.15, 0.2) is 5.92 Å². The van der Waals surface area contributed by atoms with Gasteiger partial charge in [-0.1, -0.05) is 6.92 Å². The van der Waals surface area contributed by atoms with Crippen LogP contribution in [-0.4, -0.2) is 35.4 Å². The van der Waals surface area contributed by atoms with Gasteiger partial charge in [0.2, 0.25) is 0 Å². The van der Waals surface area contributed by atoms with Crippen molar-refractivity contribution in [3.8, 4) is 0 Å². The Morgan fingerprint density at radius 2 is 2.00 bits per heavy atom. The lowest BCUT2D eigenvalue weighted by atomic mass is 9.96. The molecule has 0 rings (SSSR count). The lowest BCUT2D eigenvalue weighted by molar-refractivity contribution is -0.159. The Morgan fingerprint density at radius 3 is 2.36 bits per heavy atom. The van der Waals surface area contributed by atoms with E-state index in [1.54, 1.807) is 13.8 Å². The number of ether oxygens (including phenoxy) is 1. The smallest absolute Gasteiger partial charge is 0.320 e. The molecule has 0 heterocycles. The van der Waals surface area contributed by atoms with Crippen molar-refractivity contribution < 1.29 is 24.5 Å². The molecule has 0 aromatic carbocycles. The van der Waals surface area contributed by atoms with Crippen molar-refractivity contribution in [2.45, 2.75) is 20.3 Å². The second kappa shape index (κ2) is 6.37. The molecule has 0 radical (unpaired) electrons. The van der Waals surface area contributed by atoms with Crippen LogP contribution in [0.25, 0.3) is 0 Å². The largest absolute Gasteiger partial charge is 0.481 e. The molecule has 2 unspecified atom stereocenters. The number of carboxylic acids is 1. The summed E-state index contributed by atoms with van der Waals surface area (Å²) < 4.78 is 4.61. The van der Waals surface area contributed by atoms with E-state index in [9.17, 15) is 9.59 Å². The third-order valence-corrected chi connectivity index (χ3v) is 1.82. The predicted molar refractivity (Wildman–Crippen MR) is 48.6 cm³/mol. The third kappa shape index (κ3) is 4.23. The first kappa shape index (κ1) is 12.9. The summed E-state index contributed by atoms with van der Waals surface area (Å²) in [7, 11) is 0. The molecule has 0 saturated heterocycles. The first-order chi connectivity index (χ1) is 6.52. The summed E-state index contributed by atoms with van der Waals surface area (Å²) in [5.41, 5.74) is 0. The molecule has 0 aliphatic carbocycles. The van der Waals surface area contributed by atoms with Crippen molar-refractivity contribution in [2.75, 3.05) is 13.2 Å². The molecule has 0 aliphatic rings. The second-order valence-electron chi connectivity index (χ2n) is 3.17. The van der Waals surface area contributed by atoms with Crippen LogP contribution in [0.5, 0.6) is 0 Å². The van der Waals surface area contributed by atoms with Crippen LogP contribution in [0.3, 0.4) is 0 Å². The lowest BCUT2D eigenvalue weighted by Gasteiger charge is -2.14. The molecule has 5 nitrogen and oxygen atoms in total. The molecule has 5 heteroatoms. The standard InChI is InChI=1S/C9H16O5/c1-3-14-9(13)7(8(11)12)4-6(2)5-10/h6-7,10H,3-5H2,1-2H3,(H,11,12). The summed E-state index contributed by atoms with van der Waals surface area (Å²) in [6.45, 7) is 3.32. The zero-order chi connectivity index (χ0) is 11.1. The van der Waals surface area contributed by atoms with E-state index in [4.69, 9.17) is 10.2 Å². The molecule has 2 atom stereocenters. The highest BCUT2D eigenvalue weighted by Crippen LogP contribution is 2.13. The van der Waals surface area contributed by atoms with E-state index < -0.39 is 17.9 Å². The molecule has 0 aromatic rings. The van der Waals surface area contributed by atoms with E-state index in [0.29, 0.717) is 0 Å². The van der Waals surface area contributed by atoms with Gasteiger partial charge in [-0.25, -0.2) is 0 Å². The number of aliphatic hydroxyl groups excluding tert-OH is 1. The maximum atomic E-state index is 11.2. The van der Waals surface area contributed by atoms with Crippen molar-refractivity contribution in [3.05, 3.63) is 0 Å². The molecule has 0 aliphatic heterocycles. The maximum Gasteiger partial charge on any atom is 0.320 e. The van der Waals surface area contributed by atoms with E-state index >= 15 is 0 Å². The number of carbonyl (C=O) groups is 2. The average Bonchev–Trinajstić information content (AvgIpc) is 2.13. The summed E-state index contributed by atoms with van der Waals surface area (Å²) in [6.07, 6.45) is 0.102. The van der Waals surface area contributed by atoms with E-state index in [0.717, 1.165) is 0 Å². The van der Waals surface area contributed by atoms with Gasteiger partial charge in [0.1, 0.15) is 0 Å². The highest BCUT2D eigenvalue weighted by atomic mass is 16.5. The molecule has 0 spiro atoms. The van der Waals surface area contributed by atoms with E-state index in [1.165, 1.54) is 0 Å². The fraction of sp³-hybridized carbons (Fsp3) is 0.778. The van der Waals surface area contributed by atoms with Gasteiger partial charge in [-0.15, -0.1) is 0 Å². The number of esters is 1. The average molecular weight is 204 g/mol. The molecular weight excluding hydrogens is 188 g/mol. The van der Waals surface area contributed by atoms with Crippen LogP contribution < -0.4 is 0 Å². The van der Waals surface area contributed by atoms with Crippen molar-refractivity contribution in [2.24, 2.45) is 11.8 Å². The SMILES string of the molecule is CCOC(=O)C(CC(C)CO)C(=O)O. The van der Waals surface area contributed by atoms with Gasteiger partial charge < -0.3 is 14.9 Å². The first-order valence-electron chi connectivity index (χ1n) is 4.53. The van der Waals surface area contributed by atoms with E-state index in [2.05, 4.69) is 4.74 Å². The Kier molecular flexibility index (Phi) is 5.87. The van der Waals surface area contributed by atoms with Gasteiger partial charge >= 0.3 is 11.9 Å². The highest BCUT2D eigenvalue weighted by molar-refractivity contribution is 5.93. The van der Waals surface area contributed by atoms with Crippen LogP contribution in [0.4, 0.5) is 0 Å². The summed E-state index contributed by atoms with van der Waals surface area (Å²) in [6, 6.07) is 0. The van der Waals surface area contributed by atoms with Crippen molar-refractivity contribution in [1.29, 1.82) is 0 Å². The van der Waals surface area contributed by atoms with Crippen LogP contribution in [-0.2, 0) is 14.3 Å². The van der Waals surface area contributed by atoms with Crippen molar-refractivity contribution in [3.63, 3.8) is 0 Å². The van der Waals surface area contributed by atoms with Crippen molar-refractivity contribution in [1.82, 2.24) is 0 Å². The van der Waals surface area contributed by atoms with Crippen LogP contribution >= 0.6 is 0 Å². The third-order valence-electron chi connectivity index (χ3n) is 1.82. The fourth-order valence-corrected chi connectivity index (χ4v) is 1.02. The number of hydrogen-bond donors (Lipinski definition) is 2. The van der Waals surface area contributed by atoms with Gasteiger partial charge in [0, 0.05) is 6.61 Å². The molecular formula is C9H16O5. The van der Waals surface area contributed by atoms with Crippen LogP contribution in [0.1, 0.15) is 20.3 Å². The Morgan fingerprint density at radius 1 is 1.43 bits per heavy atom. The molecule has 2 N–H and O–H groups in total. The molecule has 0 amide bonds. The zero-order valence-electron chi connectivity index (χ0n) is 8.40. The fourth-order valence-electron chi connectivity index (χ4n) is 1.02. The van der Waals surface area contributed by atoms with Crippen LogP contribution in [0.15, 0.2) is 0 Å². The normalized spacial score (nSPS) is 14.5. The predicted octanol–water partition coefficient (Wildman–Crippen LogP) is 0.269. The minimum atomic E-state index is -1.20. The van der Waals surface area contributed by atoms with Gasteiger partial charge in [0.25, 0.3) is 0 Å². The lowest BCUT2D eigenvalue weighted by Crippen LogP contribution is -2.28. The summed E-state index contributed by atoms with van der Waals surface area (Å²) >= 11 is 0. The molecule has 0 fully saturated rings. The van der Waals surface area contributed by atoms with Crippen LogP contribution in [0.2, 0.25) is 0 Å².